The Balaban J connectivity index is 0.00000176. The van der Waals surface area contributed by atoms with Crippen molar-refractivity contribution in [2.24, 2.45) is 0 Å². The molecule has 0 spiro atoms. The van der Waals surface area contributed by atoms with Crippen molar-refractivity contribution in [2.75, 3.05) is 0 Å². The smallest absolute Gasteiger partial charge is 0 e. The minimum Gasteiger partial charge on any atom is -0.126 e. The summed E-state index contributed by atoms with van der Waals surface area (Å²) >= 11 is 0. The average molecular weight is 544 g/mol. The SMILES string of the molecule is Cc1c(C)c(C)c2c([cH-]c3c(C)c(C)c(C)c(C)c32)c1C.[Y].[Y].[Y]. The molecule has 0 saturated heterocycles. The Morgan fingerprint density at radius 3 is 0.917 bits per heavy atom. The van der Waals surface area contributed by atoms with Crippen molar-refractivity contribution in [1.82, 2.24) is 0 Å². The van der Waals surface area contributed by atoms with Gasteiger partial charge in [-0.25, -0.2) is 0 Å². The van der Waals surface area contributed by atoms with E-state index in [-0.39, 0.29) is 98.1 Å². The van der Waals surface area contributed by atoms with Crippen molar-refractivity contribution >= 4 is 21.5 Å². The molecular weight excluding hydrogens is 519 g/mol. The van der Waals surface area contributed by atoms with Crippen LogP contribution < -0.4 is 0 Å². The van der Waals surface area contributed by atoms with Gasteiger partial charge in [0, 0.05) is 98.1 Å². The van der Waals surface area contributed by atoms with Gasteiger partial charge in [0.05, 0.1) is 0 Å². The molecule has 0 aliphatic carbocycles. The Morgan fingerprint density at radius 2 is 0.625 bits per heavy atom. The van der Waals surface area contributed by atoms with E-state index < -0.39 is 0 Å². The first-order valence-corrected chi connectivity index (χ1v) is 7.83. The van der Waals surface area contributed by atoms with E-state index in [2.05, 4.69) is 61.5 Å². The summed E-state index contributed by atoms with van der Waals surface area (Å²) in [7, 11) is 0. The van der Waals surface area contributed by atoms with Crippen LogP contribution in [0.3, 0.4) is 0 Å². The topological polar surface area (TPSA) is 0 Å². The van der Waals surface area contributed by atoms with E-state index in [9.17, 15) is 0 Å². The molecule has 0 nitrogen and oxygen atoms in total. The molecule has 3 rings (SSSR count). The molecule has 3 aromatic rings. The van der Waals surface area contributed by atoms with Gasteiger partial charge in [-0.05, 0) is 41.5 Å². The molecule has 0 bridgehead atoms. The van der Waals surface area contributed by atoms with Gasteiger partial charge in [-0.2, -0.15) is 0 Å². The van der Waals surface area contributed by atoms with Crippen LogP contribution in [0.1, 0.15) is 44.5 Å². The van der Waals surface area contributed by atoms with Crippen LogP contribution in [0.15, 0.2) is 6.07 Å². The van der Waals surface area contributed by atoms with Crippen LogP contribution in [-0.4, -0.2) is 0 Å². The van der Waals surface area contributed by atoms with E-state index >= 15 is 0 Å². The van der Waals surface area contributed by atoms with Crippen molar-refractivity contribution < 1.29 is 98.1 Å². The summed E-state index contributed by atoms with van der Waals surface area (Å²) in [5, 5.41) is 5.85. The predicted molar refractivity (Wildman–Crippen MR) is 94.9 cm³/mol. The van der Waals surface area contributed by atoms with Gasteiger partial charge >= 0.3 is 0 Å². The third-order valence-electron chi connectivity index (χ3n) is 6.01. The molecule has 0 saturated carbocycles. The van der Waals surface area contributed by atoms with E-state index in [0.717, 1.165) is 0 Å². The van der Waals surface area contributed by atoms with Gasteiger partial charge in [-0.3, -0.25) is 0 Å². The van der Waals surface area contributed by atoms with Crippen LogP contribution in [0, 0.1) is 55.4 Å². The molecule has 0 N–H and O–H groups in total. The number of rotatable bonds is 0. The van der Waals surface area contributed by atoms with E-state index in [1.807, 2.05) is 0 Å². The Morgan fingerprint density at radius 1 is 0.375 bits per heavy atom. The van der Waals surface area contributed by atoms with Crippen molar-refractivity contribution in [3.8, 4) is 0 Å². The Bertz CT molecular complexity index is 841. The van der Waals surface area contributed by atoms with Gasteiger partial charge < -0.3 is 0 Å². The second-order valence-electron chi connectivity index (χ2n) is 6.72. The van der Waals surface area contributed by atoms with E-state index in [1.54, 1.807) is 0 Å². The van der Waals surface area contributed by atoms with Gasteiger partial charge in [-0.1, -0.05) is 47.2 Å². The number of fused-ring (bicyclic) bond motifs is 3. The second-order valence-corrected chi connectivity index (χ2v) is 6.72. The van der Waals surface area contributed by atoms with Gasteiger partial charge in [0.25, 0.3) is 0 Å². The fraction of sp³-hybridized carbons (Fsp3) is 0.381. The zero-order valence-corrected chi connectivity index (χ0v) is 24.8. The van der Waals surface area contributed by atoms with Crippen molar-refractivity contribution in [3.05, 3.63) is 50.6 Å². The van der Waals surface area contributed by atoms with Crippen molar-refractivity contribution in [1.29, 1.82) is 0 Å². The monoisotopic (exact) mass is 544 g/mol. The first-order valence-electron chi connectivity index (χ1n) is 7.83. The van der Waals surface area contributed by atoms with E-state index in [4.69, 9.17) is 0 Å². The maximum atomic E-state index is 2.42. The fourth-order valence-electron chi connectivity index (χ4n) is 3.83. The molecular formula is C21H25Y3-. The van der Waals surface area contributed by atoms with Gasteiger partial charge in [0.15, 0.2) is 0 Å². The summed E-state index contributed by atoms with van der Waals surface area (Å²) in [5.41, 5.74) is 11.6. The molecule has 3 aromatic carbocycles. The fourth-order valence-corrected chi connectivity index (χ4v) is 3.83. The Hall–Kier alpha value is 1.62. The first kappa shape index (κ1) is 25.6. The molecule has 0 atom stereocenters. The summed E-state index contributed by atoms with van der Waals surface area (Å²) in [6.45, 7) is 18.1. The zero-order valence-electron chi connectivity index (χ0n) is 16.3. The van der Waals surface area contributed by atoms with Gasteiger partial charge in [0.1, 0.15) is 0 Å². The van der Waals surface area contributed by atoms with Crippen molar-refractivity contribution in [2.45, 2.75) is 55.4 Å². The summed E-state index contributed by atoms with van der Waals surface area (Å²) in [4.78, 5) is 0. The molecule has 3 radical (unpaired) electrons. The standard InChI is InChI=1S/C21H25.3Y/c1-10-12(3)16(7)20-18(14(10)5)9-19-15(6)11(2)13(4)17(8)21(19)20;;;/h9H,1-8H3;;;/q-1;;;. The average Bonchev–Trinajstić information content (AvgIpc) is 2.87. The molecule has 0 heterocycles. The summed E-state index contributed by atoms with van der Waals surface area (Å²) in [6, 6.07) is 2.42. The predicted octanol–water partition coefficient (Wildman–Crippen LogP) is 6.17. The quantitative estimate of drug-likeness (QED) is 0.297. The third kappa shape index (κ3) is 3.64. The maximum absolute atomic E-state index is 2.42. The zero-order chi connectivity index (χ0) is 15.6. The first-order chi connectivity index (χ1) is 9.77. The number of aryl methyl sites for hydroxylation is 4. The Labute approximate surface area is 222 Å². The molecule has 3 heteroatoms. The number of hydrogen-bond donors (Lipinski definition) is 0. The van der Waals surface area contributed by atoms with Crippen LogP contribution in [-0.2, 0) is 98.1 Å². The molecule has 0 aromatic heterocycles. The molecule has 119 valence electrons. The van der Waals surface area contributed by atoms with Gasteiger partial charge in [-0.15, -0.1) is 38.7 Å². The largest absolute Gasteiger partial charge is 0.126 e. The molecule has 0 unspecified atom stereocenters. The third-order valence-corrected chi connectivity index (χ3v) is 6.01. The molecule has 0 amide bonds. The minimum absolute atomic E-state index is 0. The molecule has 24 heavy (non-hydrogen) atoms. The van der Waals surface area contributed by atoms with Crippen LogP contribution in [0.25, 0.3) is 21.5 Å². The summed E-state index contributed by atoms with van der Waals surface area (Å²) in [5.74, 6) is 0. The number of hydrogen-bond acceptors (Lipinski definition) is 0. The minimum atomic E-state index is 0. The van der Waals surface area contributed by atoms with Crippen molar-refractivity contribution in [3.63, 3.8) is 0 Å². The number of benzene rings is 2. The summed E-state index contributed by atoms with van der Waals surface area (Å²) < 4.78 is 0. The van der Waals surface area contributed by atoms with Crippen LogP contribution in [0.2, 0.25) is 0 Å². The van der Waals surface area contributed by atoms with Crippen LogP contribution >= 0.6 is 0 Å². The normalized spacial score (nSPS) is 10.3. The maximum Gasteiger partial charge on any atom is 0 e. The van der Waals surface area contributed by atoms with Crippen LogP contribution in [0.4, 0.5) is 0 Å². The van der Waals surface area contributed by atoms with Crippen LogP contribution in [0.5, 0.6) is 0 Å². The Kier molecular flexibility index (Phi) is 9.83. The van der Waals surface area contributed by atoms with E-state index in [1.165, 1.54) is 66.1 Å². The summed E-state index contributed by atoms with van der Waals surface area (Å²) in [6.07, 6.45) is 0. The second kappa shape index (κ2) is 9.21. The molecule has 0 fully saturated rings. The van der Waals surface area contributed by atoms with E-state index in [0.29, 0.717) is 0 Å². The molecule has 0 aliphatic heterocycles. The molecule has 0 aliphatic rings. The van der Waals surface area contributed by atoms with Gasteiger partial charge in [0.2, 0.25) is 0 Å².